The van der Waals surface area contributed by atoms with Gasteiger partial charge in [0.15, 0.2) is 5.76 Å². The Morgan fingerprint density at radius 2 is 1.88 bits per heavy atom. The molecule has 3 heteroatoms. The number of benzene rings is 1. The number of para-hydroxylation sites is 1. The molecule has 82 valence electrons. The molecule has 0 aliphatic heterocycles. The molecule has 0 atom stereocenters. The van der Waals surface area contributed by atoms with Crippen molar-refractivity contribution >= 4 is 16.7 Å². The second-order valence-electron chi connectivity index (χ2n) is 3.70. The molecule has 2 heterocycles. The van der Waals surface area contributed by atoms with Gasteiger partial charge in [-0.2, -0.15) is 0 Å². The molecule has 0 saturated heterocycles. The van der Waals surface area contributed by atoms with Crippen molar-refractivity contribution in [1.82, 2.24) is 4.98 Å². The molecule has 0 spiro atoms. The maximum absolute atomic E-state index is 12.0. The number of ketones is 1. The first kappa shape index (κ1) is 9.78. The van der Waals surface area contributed by atoms with Gasteiger partial charge in [-0.25, -0.2) is 4.98 Å². The monoisotopic (exact) mass is 223 g/mol. The minimum absolute atomic E-state index is 0.194. The summed E-state index contributed by atoms with van der Waals surface area (Å²) in [5.41, 5.74) is 1.21. The number of aromatic nitrogens is 1. The lowest BCUT2D eigenvalue weighted by Gasteiger charge is -2.00. The van der Waals surface area contributed by atoms with E-state index >= 15 is 0 Å². The van der Waals surface area contributed by atoms with E-state index in [0.29, 0.717) is 11.5 Å². The minimum atomic E-state index is -0.194. The Morgan fingerprint density at radius 1 is 1.00 bits per heavy atom. The molecule has 3 aromatic rings. The fraction of sp³-hybridized carbons (Fsp3) is 0. The van der Waals surface area contributed by atoms with E-state index in [0.717, 1.165) is 10.9 Å². The van der Waals surface area contributed by atoms with Crippen molar-refractivity contribution < 1.29 is 9.21 Å². The van der Waals surface area contributed by atoms with Crippen LogP contribution in [0.2, 0.25) is 0 Å². The van der Waals surface area contributed by atoms with Crippen LogP contribution in [0.5, 0.6) is 0 Å². The van der Waals surface area contributed by atoms with E-state index in [9.17, 15) is 4.79 Å². The van der Waals surface area contributed by atoms with Crippen molar-refractivity contribution in [1.29, 1.82) is 0 Å². The molecular weight excluding hydrogens is 214 g/mol. The third-order valence-electron chi connectivity index (χ3n) is 2.58. The number of hydrogen-bond acceptors (Lipinski definition) is 3. The second-order valence-corrected chi connectivity index (χ2v) is 3.70. The Labute approximate surface area is 97.7 Å². The fourth-order valence-corrected chi connectivity index (χ4v) is 1.73. The normalized spacial score (nSPS) is 10.6. The largest absolute Gasteiger partial charge is 0.461 e. The predicted octanol–water partition coefficient (Wildman–Crippen LogP) is 3.06. The van der Waals surface area contributed by atoms with Gasteiger partial charge < -0.3 is 4.42 Å². The number of fused-ring (bicyclic) bond motifs is 1. The first-order chi connectivity index (χ1) is 8.34. The topological polar surface area (TPSA) is 43.1 Å². The van der Waals surface area contributed by atoms with Crippen molar-refractivity contribution in [3.63, 3.8) is 0 Å². The molecule has 0 saturated carbocycles. The summed E-state index contributed by atoms with van der Waals surface area (Å²) in [5.74, 6) is 0.119. The van der Waals surface area contributed by atoms with Gasteiger partial charge in [-0.05, 0) is 24.3 Å². The fourth-order valence-electron chi connectivity index (χ4n) is 1.73. The van der Waals surface area contributed by atoms with E-state index < -0.39 is 0 Å². The lowest BCUT2D eigenvalue weighted by molar-refractivity contribution is 0.100. The summed E-state index contributed by atoms with van der Waals surface area (Å²) >= 11 is 0. The van der Waals surface area contributed by atoms with Crippen LogP contribution in [0.15, 0.2) is 59.2 Å². The molecule has 2 aromatic heterocycles. The van der Waals surface area contributed by atoms with Gasteiger partial charge >= 0.3 is 0 Å². The van der Waals surface area contributed by atoms with Crippen molar-refractivity contribution in [2.45, 2.75) is 0 Å². The molecule has 0 aliphatic carbocycles. The van der Waals surface area contributed by atoms with Crippen LogP contribution in [0.4, 0.5) is 0 Å². The number of carbonyl (C=O) groups excluding carboxylic acids is 1. The molecule has 1 aromatic carbocycles. The van der Waals surface area contributed by atoms with Crippen LogP contribution in [0.3, 0.4) is 0 Å². The number of furan rings is 1. The van der Waals surface area contributed by atoms with Gasteiger partial charge in [0.2, 0.25) is 5.78 Å². The van der Waals surface area contributed by atoms with Gasteiger partial charge in [0.25, 0.3) is 0 Å². The summed E-state index contributed by atoms with van der Waals surface area (Å²) in [4.78, 5) is 16.3. The van der Waals surface area contributed by atoms with Crippen LogP contribution >= 0.6 is 0 Å². The number of pyridine rings is 1. The summed E-state index contributed by atoms with van der Waals surface area (Å²) in [7, 11) is 0. The maximum atomic E-state index is 12.0. The molecular formula is C14H9NO2. The number of rotatable bonds is 2. The summed E-state index contributed by atoms with van der Waals surface area (Å²) in [6.07, 6.45) is 1.48. The Morgan fingerprint density at radius 3 is 2.71 bits per heavy atom. The zero-order chi connectivity index (χ0) is 11.7. The molecule has 0 radical (unpaired) electrons. The summed E-state index contributed by atoms with van der Waals surface area (Å²) in [5, 5.41) is 1.02. The molecule has 0 aliphatic rings. The highest BCUT2D eigenvalue weighted by molar-refractivity contribution is 6.06. The Hall–Kier alpha value is -2.42. The van der Waals surface area contributed by atoms with E-state index in [4.69, 9.17) is 4.42 Å². The Kier molecular flexibility index (Phi) is 2.22. The van der Waals surface area contributed by atoms with Gasteiger partial charge in [-0.3, -0.25) is 4.79 Å². The third kappa shape index (κ3) is 1.72. The number of carbonyl (C=O) groups is 1. The standard InChI is InChI=1S/C14H9NO2/c16-14(13-6-3-9-17-13)12-8-7-10-4-1-2-5-11(10)15-12/h1-9H. The average molecular weight is 223 g/mol. The predicted molar refractivity (Wildman–Crippen MR) is 63.9 cm³/mol. The van der Waals surface area contributed by atoms with Crippen LogP contribution in [-0.4, -0.2) is 10.8 Å². The molecule has 0 amide bonds. The smallest absolute Gasteiger partial charge is 0.246 e. The third-order valence-corrected chi connectivity index (χ3v) is 2.58. The molecule has 3 rings (SSSR count). The van der Waals surface area contributed by atoms with Crippen LogP contribution < -0.4 is 0 Å². The van der Waals surface area contributed by atoms with Crippen LogP contribution in [0, 0.1) is 0 Å². The van der Waals surface area contributed by atoms with Crippen molar-refractivity contribution in [3.05, 3.63) is 66.2 Å². The van der Waals surface area contributed by atoms with Crippen molar-refractivity contribution in [2.24, 2.45) is 0 Å². The van der Waals surface area contributed by atoms with Crippen LogP contribution in [0.25, 0.3) is 10.9 Å². The minimum Gasteiger partial charge on any atom is -0.461 e. The highest BCUT2D eigenvalue weighted by atomic mass is 16.3. The SMILES string of the molecule is O=C(c1ccc2ccccc2n1)c1ccco1. The van der Waals surface area contributed by atoms with E-state index in [1.165, 1.54) is 6.26 Å². The zero-order valence-corrected chi connectivity index (χ0v) is 8.96. The molecule has 0 fully saturated rings. The zero-order valence-electron chi connectivity index (χ0n) is 8.96. The van der Waals surface area contributed by atoms with E-state index in [1.807, 2.05) is 30.3 Å². The molecule has 0 unspecified atom stereocenters. The lowest BCUT2D eigenvalue weighted by Crippen LogP contribution is -2.02. The lowest BCUT2D eigenvalue weighted by atomic mass is 10.1. The van der Waals surface area contributed by atoms with Gasteiger partial charge in [0, 0.05) is 5.39 Å². The van der Waals surface area contributed by atoms with Crippen molar-refractivity contribution in [2.75, 3.05) is 0 Å². The summed E-state index contributed by atoms with van der Waals surface area (Å²) in [6, 6.07) is 14.6. The number of hydrogen-bond donors (Lipinski definition) is 0. The van der Waals surface area contributed by atoms with Crippen LogP contribution in [-0.2, 0) is 0 Å². The first-order valence-electron chi connectivity index (χ1n) is 5.28. The van der Waals surface area contributed by atoms with Crippen LogP contribution in [0.1, 0.15) is 16.2 Å². The summed E-state index contributed by atoms with van der Waals surface area (Å²) < 4.78 is 5.07. The first-order valence-corrected chi connectivity index (χ1v) is 5.28. The van der Waals surface area contributed by atoms with Crippen molar-refractivity contribution in [3.8, 4) is 0 Å². The highest BCUT2D eigenvalue weighted by Gasteiger charge is 2.13. The molecule has 0 N–H and O–H groups in total. The molecule has 0 bridgehead atoms. The summed E-state index contributed by atoms with van der Waals surface area (Å²) in [6.45, 7) is 0. The Balaban J connectivity index is 2.09. The number of nitrogens with zero attached hydrogens (tertiary/aromatic N) is 1. The van der Waals surface area contributed by atoms with E-state index in [-0.39, 0.29) is 5.78 Å². The molecule has 3 nitrogen and oxygen atoms in total. The Bertz CT molecular complexity index is 672. The van der Waals surface area contributed by atoms with Gasteiger partial charge in [-0.1, -0.05) is 24.3 Å². The van der Waals surface area contributed by atoms with Gasteiger partial charge in [0.05, 0.1) is 11.8 Å². The quantitative estimate of drug-likeness (QED) is 0.627. The van der Waals surface area contributed by atoms with Gasteiger partial charge in [-0.15, -0.1) is 0 Å². The maximum Gasteiger partial charge on any atom is 0.246 e. The second kappa shape index (κ2) is 3.87. The average Bonchev–Trinajstić information content (AvgIpc) is 2.91. The highest BCUT2D eigenvalue weighted by Crippen LogP contribution is 2.14. The molecule has 17 heavy (non-hydrogen) atoms. The van der Waals surface area contributed by atoms with Gasteiger partial charge in [0.1, 0.15) is 5.69 Å². The van der Waals surface area contributed by atoms with E-state index in [2.05, 4.69) is 4.98 Å². The van der Waals surface area contributed by atoms with E-state index in [1.54, 1.807) is 18.2 Å².